The van der Waals surface area contributed by atoms with Crippen molar-refractivity contribution in [2.75, 3.05) is 37.4 Å². The Morgan fingerprint density at radius 2 is 1.90 bits per heavy atom. The number of hydrogen-bond acceptors (Lipinski definition) is 6. The Balaban J connectivity index is 1.80. The molecule has 3 rings (SSSR count). The summed E-state index contributed by atoms with van der Waals surface area (Å²) in [4.78, 5) is 43.6. The van der Waals surface area contributed by atoms with E-state index in [9.17, 15) is 14.4 Å². The Morgan fingerprint density at radius 3 is 2.52 bits per heavy atom. The lowest BCUT2D eigenvalue weighted by Gasteiger charge is -2.20. The fourth-order valence-corrected chi connectivity index (χ4v) is 3.36. The topological polar surface area (TPSA) is 121 Å². The van der Waals surface area contributed by atoms with Gasteiger partial charge in [-0.2, -0.15) is 0 Å². The average Bonchev–Trinajstić information content (AvgIpc) is 3.21. The lowest BCUT2D eigenvalue weighted by molar-refractivity contribution is -0.117. The molecule has 9 heteroatoms. The molecule has 0 radical (unpaired) electrons. The molecule has 2 aromatic rings. The molecule has 162 valence electrons. The van der Waals surface area contributed by atoms with Gasteiger partial charge in [0.1, 0.15) is 11.6 Å². The Morgan fingerprint density at radius 1 is 1.19 bits per heavy atom. The first-order valence-electron chi connectivity index (χ1n) is 9.86. The van der Waals surface area contributed by atoms with E-state index in [1.807, 2.05) is 4.90 Å². The molecular formula is C22H26N6O3. The molecule has 0 spiro atoms. The first-order chi connectivity index (χ1) is 14.8. The second-order valence-corrected chi connectivity index (χ2v) is 7.48. The van der Waals surface area contributed by atoms with Gasteiger partial charge in [0.15, 0.2) is 0 Å². The molecule has 1 aliphatic rings. The third-order valence-electron chi connectivity index (χ3n) is 4.99. The minimum atomic E-state index is -0.599. The molecule has 0 bridgehead atoms. The van der Waals surface area contributed by atoms with Gasteiger partial charge in [-0.1, -0.05) is 6.58 Å². The molecule has 4 N–H and O–H groups in total. The number of pyridine rings is 1. The fraction of sp³-hybridized carbons (Fsp3) is 0.273. The summed E-state index contributed by atoms with van der Waals surface area (Å²) in [6.07, 6.45) is 2.03. The number of aromatic nitrogens is 1. The third-order valence-corrected chi connectivity index (χ3v) is 4.99. The van der Waals surface area contributed by atoms with E-state index < -0.39 is 5.91 Å². The summed E-state index contributed by atoms with van der Waals surface area (Å²) in [7, 11) is 3.38. The number of nitrogens with one attached hydrogen (secondary N) is 2. The molecule has 0 aliphatic carbocycles. The molecule has 0 saturated carbocycles. The standard InChI is InChI=1S/C22H26N6O3/c1-4-19(29)24-16-11-12-28(13-16)18-10-9-17(20(23)30)21(26-18)25-15-7-5-14(6-8-15)22(31)27(2)3/h4-10,16H,1,11-13H2,2-3H3,(H2,23,30)(H,24,29)(H,25,26). The monoisotopic (exact) mass is 422 g/mol. The highest BCUT2D eigenvalue weighted by Gasteiger charge is 2.25. The van der Waals surface area contributed by atoms with E-state index in [-0.39, 0.29) is 23.4 Å². The van der Waals surface area contributed by atoms with Crippen LogP contribution in [0.4, 0.5) is 17.3 Å². The van der Waals surface area contributed by atoms with Crippen LogP contribution in [0.2, 0.25) is 0 Å². The second-order valence-electron chi connectivity index (χ2n) is 7.48. The van der Waals surface area contributed by atoms with Gasteiger partial charge >= 0.3 is 0 Å². The average molecular weight is 422 g/mol. The second kappa shape index (κ2) is 9.29. The number of nitrogens with zero attached hydrogens (tertiary/aromatic N) is 3. The lowest BCUT2D eigenvalue weighted by atomic mass is 10.1. The van der Waals surface area contributed by atoms with Crippen LogP contribution in [0.15, 0.2) is 49.1 Å². The van der Waals surface area contributed by atoms with Crippen molar-refractivity contribution in [3.8, 4) is 0 Å². The van der Waals surface area contributed by atoms with Gasteiger partial charge < -0.3 is 26.2 Å². The minimum Gasteiger partial charge on any atom is -0.365 e. The molecule has 3 amide bonds. The first-order valence-corrected chi connectivity index (χ1v) is 9.86. The van der Waals surface area contributed by atoms with E-state index >= 15 is 0 Å². The zero-order valence-electron chi connectivity index (χ0n) is 17.6. The van der Waals surface area contributed by atoms with Crippen molar-refractivity contribution in [1.29, 1.82) is 0 Å². The van der Waals surface area contributed by atoms with Crippen LogP contribution in [-0.4, -0.2) is 60.8 Å². The summed E-state index contributed by atoms with van der Waals surface area (Å²) < 4.78 is 0. The van der Waals surface area contributed by atoms with Crippen molar-refractivity contribution in [3.05, 3.63) is 60.2 Å². The van der Waals surface area contributed by atoms with Crippen molar-refractivity contribution >= 4 is 35.0 Å². The van der Waals surface area contributed by atoms with Crippen molar-refractivity contribution in [3.63, 3.8) is 0 Å². The van der Waals surface area contributed by atoms with Crippen LogP contribution < -0.4 is 21.3 Å². The molecule has 1 atom stereocenters. The number of carbonyl (C=O) groups excluding carboxylic acids is 3. The predicted molar refractivity (Wildman–Crippen MR) is 119 cm³/mol. The summed E-state index contributed by atoms with van der Waals surface area (Å²) in [5.74, 6) is 0.0927. The maximum absolute atomic E-state index is 12.1. The van der Waals surface area contributed by atoms with Crippen LogP contribution >= 0.6 is 0 Å². The molecule has 1 unspecified atom stereocenters. The SMILES string of the molecule is C=CC(=O)NC1CCN(c2ccc(C(N)=O)c(Nc3ccc(C(=O)N(C)C)cc3)n2)C1. The summed E-state index contributed by atoms with van der Waals surface area (Å²) in [6, 6.07) is 10.3. The molecular weight excluding hydrogens is 396 g/mol. The van der Waals surface area contributed by atoms with E-state index in [2.05, 4.69) is 22.2 Å². The van der Waals surface area contributed by atoms with Crippen LogP contribution in [0.25, 0.3) is 0 Å². The molecule has 1 aliphatic heterocycles. The van der Waals surface area contributed by atoms with E-state index in [1.165, 1.54) is 11.0 Å². The van der Waals surface area contributed by atoms with E-state index in [4.69, 9.17) is 5.73 Å². The lowest BCUT2D eigenvalue weighted by Crippen LogP contribution is -2.36. The summed E-state index contributed by atoms with van der Waals surface area (Å²) in [6.45, 7) is 4.78. The van der Waals surface area contributed by atoms with Crippen molar-refractivity contribution in [2.45, 2.75) is 12.5 Å². The number of hydrogen-bond donors (Lipinski definition) is 3. The fourth-order valence-electron chi connectivity index (χ4n) is 3.36. The van der Waals surface area contributed by atoms with Crippen molar-refractivity contribution in [1.82, 2.24) is 15.2 Å². The Labute approximate surface area is 180 Å². The maximum atomic E-state index is 12.1. The maximum Gasteiger partial charge on any atom is 0.253 e. The number of benzene rings is 1. The van der Waals surface area contributed by atoms with Crippen LogP contribution in [0.1, 0.15) is 27.1 Å². The van der Waals surface area contributed by atoms with E-state index in [0.29, 0.717) is 36.0 Å². The quantitative estimate of drug-likeness (QED) is 0.582. The summed E-state index contributed by atoms with van der Waals surface area (Å²) >= 11 is 0. The molecule has 1 aromatic heterocycles. The zero-order chi connectivity index (χ0) is 22.5. The van der Waals surface area contributed by atoms with Gasteiger partial charge in [-0.15, -0.1) is 0 Å². The highest BCUT2D eigenvalue weighted by atomic mass is 16.2. The number of primary amides is 1. The Bertz CT molecular complexity index is 1000. The van der Waals surface area contributed by atoms with E-state index in [1.54, 1.807) is 50.5 Å². The van der Waals surface area contributed by atoms with Crippen molar-refractivity contribution < 1.29 is 14.4 Å². The summed E-state index contributed by atoms with van der Waals surface area (Å²) in [5, 5.41) is 6.01. The van der Waals surface area contributed by atoms with Crippen LogP contribution in [-0.2, 0) is 4.79 Å². The molecule has 1 aromatic carbocycles. The van der Waals surface area contributed by atoms with E-state index in [0.717, 1.165) is 6.42 Å². The normalized spacial score (nSPS) is 15.3. The molecule has 31 heavy (non-hydrogen) atoms. The number of anilines is 3. The van der Waals surface area contributed by atoms with Gasteiger partial charge in [-0.05, 0) is 48.9 Å². The largest absolute Gasteiger partial charge is 0.365 e. The van der Waals surface area contributed by atoms with Gasteiger partial charge in [-0.25, -0.2) is 4.98 Å². The highest BCUT2D eigenvalue weighted by Crippen LogP contribution is 2.25. The smallest absolute Gasteiger partial charge is 0.253 e. The van der Waals surface area contributed by atoms with Crippen LogP contribution in [0, 0.1) is 0 Å². The third kappa shape index (κ3) is 5.19. The first kappa shape index (κ1) is 21.8. The minimum absolute atomic E-state index is 0.00121. The number of carbonyl (C=O) groups is 3. The number of rotatable bonds is 7. The van der Waals surface area contributed by atoms with Crippen LogP contribution in [0.3, 0.4) is 0 Å². The highest BCUT2D eigenvalue weighted by molar-refractivity contribution is 5.99. The van der Waals surface area contributed by atoms with Gasteiger partial charge in [-0.3, -0.25) is 14.4 Å². The number of nitrogens with two attached hydrogens (primary N) is 1. The number of amides is 3. The van der Waals surface area contributed by atoms with Gasteiger partial charge in [0, 0.05) is 44.5 Å². The van der Waals surface area contributed by atoms with Gasteiger partial charge in [0.25, 0.3) is 11.8 Å². The van der Waals surface area contributed by atoms with Gasteiger partial charge in [0.05, 0.1) is 5.56 Å². The molecule has 2 heterocycles. The Hall–Kier alpha value is -3.88. The molecule has 1 saturated heterocycles. The predicted octanol–water partition coefficient (Wildman–Crippen LogP) is 1.51. The zero-order valence-corrected chi connectivity index (χ0v) is 17.6. The molecule has 1 fully saturated rings. The van der Waals surface area contributed by atoms with Crippen LogP contribution in [0.5, 0.6) is 0 Å². The Kier molecular flexibility index (Phi) is 6.54. The summed E-state index contributed by atoms with van der Waals surface area (Å²) in [5.41, 5.74) is 7.00. The molecule has 9 nitrogen and oxygen atoms in total. The van der Waals surface area contributed by atoms with Crippen molar-refractivity contribution in [2.24, 2.45) is 5.73 Å². The van der Waals surface area contributed by atoms with Gasteiger partial charge in [0.2, 0.25) is 5.91 Å².